The molecule has 0 saturated carbocycles. The quantitative estimate of drug-likeness (QED) is 0.832. The molecule has 0 saturated heterocycles. The molecule has 4 heteroatoms. The third-order valence-electron chi connectivity index (χ3n) is 4.00. The van der Waals surface area contributed by atoms with E-state index in [9.17, 15) is 14.7 Å². The Morgan fingerprint density at radius 3 is 2.50 bits per heavy atom. The van der Waals surface area contributed by atoms with Crippen LogP contribution in [-0.4, -0.2) is 23.0 Å². The summed E-state index contributed by atoms with van der Waals surface area (Å²) in [5, 5.41) is 12.3. The normalized spacial score (nSPS) is 21.8. The van der Waals surface area contributed by atoms with Gasteiger partial charge in [0.2, 0.25) is 0 Å². The molecule has 1 unspecified atom stereocenters. The summed E-state index contributed by atoms with van der Waals surface area (Å²) in [6, 6.07) is 6.92. The predicted molar refractivity (Wildman–Crippen MR) is 77.4 cm³/mol. The maximum atomic E-state index is 12.2. The lowest BCUT2D eigenvalue weighted by molar-refractivity contribution is -0.132. The number of hydrogen-bond donors (Lipinski definition) is 2. The second-order valence-corrected chi connectivity index (χ2v) is 5.23. The summed E-state index contributed by atoms with van der Waals surface area (Å²) in [5.41, 5.74) is 2.30. The molecule has 1 aromatic rings. The van der Waals surface area contributed by atoms with Gasteiger partial charge in [0.25, 0.3) is 5.91 Å². The third-order valence-corrected chi connectivity index (χ3v) is 4.00. The molecule has 2 atom stereocenters. The van der Waals surface area contributed by atoms with Crippen LogP contribution < -0.4 is 5.32 Å². The molecule has 106 valence electrons. The van der Waals surface area contributed by atoms with Gasteiger partial charge < -0.3 is 10.4 Å². The van der Waals surface area contributed by atoms with E-state index in [4.69, 9.17) is 0 Å². The Morgan fingerprint density at radius 1 is 1.35 bits per heavy atom. The minimum Gasteiger partial charge on any atom is -0.478 e. The Kier molecular flexibility index (Phi) is 3.93. The summed E-state index contributed by atoms with van der Waals surface area (Å²) in [6.45, 7) is 5.65. The van der Waals surface area contributed by atoms with Crippen molar-refractivity contribution in [2.45, 2.75) is 33.2 Å². The maximum absolute atomic E-state index is 12.2. The summed E-state index contributed by atoms with van der Waals surface area (Å²) in [5.74, 6) is -0.899. The van der Waals surface area contributed by atoms with E-state index in [2.05, 4.69) is 5.32 Å². The molecule has 0 radical (unpaired) electrons. The van der Waals surface area contributed by atoms with Gasteiger partial charge in [0.15, 0.2) is 0 Å². The fourth-order valence-electron chi connectivity index (χ4n) is 2.59. The van der Waals surface area contributed by atoms with Crippen LogP contribution in [-0.2, 0) is 4.79 Å². The van der Waals surface area contributed by atoms with Crippen LogP contribution in [0.15, 0.2) is 29.8 Å². The van der Waals surface area contributed by atoms with Crippen LogP contribution in [0, 0.1) is 5.92 Å². The number of nitrogens with one attached hydrogen (secondary N) is 1. The van der Waals surface area contributed by atoms with E-state index < -0.39 is 5.97 Å². The molecule has 0 aromatic heterocycles. The van der Waals surface area contributed by atoms with Gasteiger partial charge in [-0.3, -0.25) is 4.79 Å². The van der Waals surface area contributed by atoms with Crippen molar-refractivity contribution in [3.05, 3.63) is 41.0 Å². The highest BCUT2D eigenvalue weighted by atomic mass is 16.4. The number of carboxylic acids is 1. The zero-order valence-electron chi connectivity index (χ0n) is 11.9. The van der Waals surface area contributed by atoms with Gasteiger partial charge in [0, 0.05) is 11.1 Å². The van der Waals surface area contributed by atoms with Crippen LogP contribution in [0.5, 0.6) is 0 Å². The van der Waals surface area contributed by atoms with Crippen LogP contribution in [0.1, 0.15) is 43.1 Å². The molecule has 0 aliphatic carbocycles. The van der Waals surface area contributed by atoms with Gasteiger partial charge in [0.1, 0.15) is 0 Å². The fourth-order valence-corrected chi connectivity index (χ4v) is 2.59. The van der Waals surface area contributed by atoms with Gasteiger partial charge in [-0.25, -0.2) is 4.79 Å². The molecule has 1 aliphatic heterocycles. The number of aliphatic carboxylic acids is 1. The smallest absolute Gasteiger partial charge is 0.331 e. The van der Waals surface area contributed by atoms with Gasteiger partial charge in [-0.2, -0.15) is 0 Å². The van der Waals surface area contributed by atoms with Crippen LogP contribution in [0.4, 0.5) is 0 Å². The molecule has 20 heavy (non-hydrogen) atoms. The van der Waals surface area contributed by atoms with Gasteiger partial charge >= 0.3 is 5.97 Å². The molecule has 2 rings (SSSR count). The molecule has 1 heterocycles. The number of fused-ring (bicyclic) bond motifs is 1. The molecule has 1 aliphatic rings. The van der Waals surface area contributed by atoms with E-state index in [1.807, 2.05) is 26.0 Å². The molecular formula is C16H19NO3. The molecule has 2 N–H and O–H groups in total. The number of carbonyl (C=O) groups excluding carboxylic acids is 1. The van der Waals surface area contributed by atoms with Crippen LogP contribution in [0.2, 0.25) is 0 Å². The Labute approximate surface area is 118 Å². The zero-order valence-corrected chi connectivity index (χ0v) is 11.9. The van der Waals surface area contributed by atoms with Crippen molar-refractivity contribution < 1.29 is 14.7 Å². The second kappa shape index (κ2) is 5.49. The lowest BCUT2D eigenvalue weighted by Crippen LogP contribution is -2.45. The van der Waals surface area contributed by atoms with Gasteiger partial charge in [-0.15, -0.1) is 0 Å². The lowest BCUT2D eigenvalue weighted by Gasteiger charge is -2.33. The summed E-state index contributed by atoms with van der Waals surface area (Å²) in [7, 11) is 0. The van der Waals surface area contributed by atoms with E-state index in [1.54, 1.807) is 19.1 Å². The minimum absolute atomic E-state index is 0.132. The Balaban J connectivity index is 2.68. The van der Waals surface area contributed by atoms with E-state index in [1.165, 1.54) is 0 Å². The number of carbonyl (C=O) groups is 2. The van der Waals surface area contributed by atoms with Crippen molar-refractivity contribution in [1.82, 2.24) is 5.32 Å². The van der Waals surface area contributed by atoms with Crippen LogP contribution in [0.3, 0.4) is 0 Å². The minimum atomic E-state index is -0.945. The number of carboxylic acid groups (broad SMARTS) is 1. The fraction of sp³-hybridized carbons (Fsp3) is 0.375. The number of hydrogen-bond acceptors (Lipinski definition) is 2. The average molecular weight is 273 g/mol. The largest absolute Gasteiger partial charge is 0.478 e. The zero-order chi connectivity index (χ0) is 14.9. The first-order valence-electron chi connectivity index (χ1n) is 6.81. The van der Waals surface area contributed by atoms with Crippen molar-refractivity contribution in [2.75, 3.05) is 0 Å². The predicted octanol–water partition coefficient (Wildman–Crippen LogP) is 2.70. The summed E-state index contributed by atoms with van der Waals surface area (Å²) in [4.78, 5) is 23.5. The Hall–Kier alpha value is -2.10. The molecular weight excluding hydrogens is 254 g/mol. The first-order valence-corrected chi connectivity index (χ1v) is 6.81. The first kappa shape index (κ1) is 14.3. The molecule has 0 fully saturated rings. The highest BCUT2D eigenvalue weighted by molar-refractivity contribution is 6.07. The van der Waals surface area contributed by atoms with Gasteiger partial charge in [-0.1, -0.05) is 38.5 Å². The van der Waals surface area contributed by atoms with Crippen molar-refractivity contribution in [3.63, 3.8) is 0 Å². The summed E-state index contributed by atoms with van der Waals surface area (Å²) in [6.07, 6.45) is 0.865. The highest BCUT2D eigenvalue weighted by Gasteiger charge is 2.33. The topological polar surface area (TPSA) is 66.4 Å². The SMILES string of the molecule is CCC(C)[C@@H]1NC(=O)c2ccccc2C1=C(C)C(=O)O. The molecule has 0 bridgehead atoms. The monoisotopic (exact) mass is 273 g/mol. The number of rotatable bonds is 3. The highest BCUT2D eigenvalue weighted by Crippen LogP contribution is 2.34. The number of benzene rings is 1. The maximum Gasteiger partial charge on any atom is 0.331 e. The Morgan fingerprint density at radius 2 is 1.95 bits per heavy atom. The molecule has 1 aromatic carbocycles. The average Bonchev–Trinajstić information content (AvgIpc) is 2.45. The van der Waals surface area contributed by atoms with Crippen LogP contribution in [0.25, 0.3) is 5.57 Å². The van der Waals surface area contributed by atoms with Gasteiger partial charge in [-0.05, 0) is 30.0 Å². The van der Waals surface area contributed by atoms with Crippen molar-refractivity contribution >= 4 is 17.4 Å². The second-order valence-electron chi connectivity index (χ2n) is 5.23. The number of amides is 1. The van der Waals surface area contributed by atoms with E-state index >= 15 is 0 Å². The molecule has 0 spiro atoms. The van der Waals surface area contributed by atoms with E-state index in [0.29, 0.717) is 11.1 Å². The first-order chi connectivity index (χ1) is 9.47. The van der Waals surface area contributed by atoms with Crippen molar-refractivity contribution in [3.8, 4) is 0 Å². The molecule has 4 nitrogen and oxygen atoms in total. The summed E-state index contributed by atoms with van der Waals surface area (Å²) >= 11 is 0. The van der Waals surface area contributed by atoms with Crippen LogP contribution >= 0.6 is 0 Å². The van der Waals surface area contributed by atoms with E-state index in [-0.39, 0.29) is 17.9 Å². The van der Waals surface area contributed by atoms with E-state index in [0.717, 1.165) is 17.6 Å². The van der Waals surface area contributed by atoms with Crippen molar-refractivity contribution in [1.29, 1.82) is 0 Å². The summed E-state index contributed by atoms with van der Waals surface area (Å²) < 4.78 is 0. The third kappa shape index (κ3) is 2.33. The van der Waals surface area contributed by atoms with Crippen molar-refractivity contribution in [2.24, 2.45) is 5.92 Å². The standard InChI is InChI=1S/C16H19NO3/c1-4-9(2)14-13(10(3)16(19)20)11-7-5-6-8-12(11)15(18)17-14/h5-9,14H,4H2,1-3H3,(H,17,18)(H,19,20)/t9?,14-/m0/s1. The van der Waals surface area contributed by atoms with Gasteiger partial charge in [0.05, 0.1) is 6.04 Å². The lowest BCUT2D eigenvalue weighted by atomic mass is 9.80. The molecule has 1 amide bonds. The Bertz CT molecular complexity index is 589.